The van der Waals surface area contributed by atoms with Crippen LogP contribution in [0.15, 0.2) is 41.3 Å². The van der Waals surface area contributed by atoms with Crippen molar-refractivity contribution in [1.82, 2.24) is 10.2 Å². The van der Waals surface area contributed by atoms with E-state index in [0.717, 1.165) is 18.5 Å². The quantitative estimate of drug-likeness (QED) is 0.814. The highest BCUT2D eigenvalue weighted by molar-refractivity contribution is 5.44. The van der Waals surface area contributed by atoms with E-state index in [4.69, 9.17) is 0 Å². The Morgan fingerprint density at radius 3 is 2.59 bits per heavy atom. The summed E-state index contributed by atoms with van der Waals surface area (Å²) in [6, 6.07) is 10.3. The highest BCUT2D eigenvalue weighted by Gasteiger charge is 2.20. The van der Waals surface area contributed by atoms with Gasteiger partial charge in [0.2, 0.25) is 0 Å². The third-order valence-electron chi connectivity index (χ3n) is 3.09. The van der Waals surface area contributed by atoms with E-state index in [0.29, 0.717) is 6.04 Å². The number of fused-ring (bicyclic) bond motifs is 1. The molecule has 0 aliphatic heterocycles. The molecule has 17 heavy (non-hydrogen) atoms. The van der Waals surface area contributed by atoms with Crippen molar-refractivity contribution in [3.8, 4) is 0 Å². The second kappa shape index (κ2) is 4.05. The fraction of sp³-hybridized carbons (Fsp3) is 0.231. The van der Waals surface area contributed by atoms with Gasteiger partial charge in [0.05, 0.1) is 11.9 Å². The first-order chi connectivity index (χ1) is 8.31. The van der Waals surface area contributed by atoms with Gasteiger partial charge in [0.1, 0.15) is 0 Å². The van der Waals surface area contributed by atoms with E-state index in [9.17, 15) is 4.79 Å². The fourth-order valence-electron chi connectivity index (χ4n) is 2.35. The van der Waals surface area contributed by atoms with Crippen LogP contribution in [0.2, 0.25) is 0 Å². The first kappa shape index (κ1) is 10.1. The lowest BCUT2D eigenvalue weighted by atomic mass is 10.1. The van der Waals surface area contributed by atoms with Gasteiger partial charge in [0.25, 0.3) is 5.56 Å². The van der Waals surface area contributed by atoms with Gasteiger partial charge in [-0.3, -0.25) is 4.79 Å². The number of nitrogens with zero attached hydrogens (tertiary/aromatic N) is 1. The van der Waals surface area contributed by atoms with Crippen LogP contribution in [-0.2, 0) is 12.8 Å². The molecule has 3 rings (SSSR count). The normalized spacial score (nSPS) is 14.6. The third-order valence-corrected chi connectivity index (χ3v) is 3.09. The predicted molar refractivity (Wildman–Crippen MR) is 66.1 cm³/mol. The number of hydrogen-bond donors (Lipinski definition) is 2. The SMILES string of the molecule is O=c1cc(NC2Cc3ccccc3C2)cn[nH]1. The molecule has 4 nitrogen and oxygen atoms in total. The number of aromatic nitrogens is 2. The summed E-state index contributed by atoms with van der Waals surface area (Å²) in [7, 11) is 0. The Morgan fingerprint density at radius 1 is 1.24 bits per heavy atom. The van der Waals surface area contributed by atoms with E-state index in [-0.39, 0.29) is 5.56 Å². The standard InChI is InChI=1S/C13H13N3O/c17-13-7-12(8-14-16-13)15-11-5-9-3-1-2-4-10(9)6-11/h1-4,7-8,11H,5-6H2,(H2,15,16,17). The van der Waals surface area contributed by atoms with E-state index in [1.165, 1.54) is 17.2 Å². The number of benzene rings is 1. The number of hydrogen-bond acceptors (Lipinski definition) is 3. The van der Waals surface area contributed by atoms with Crippen molar-refractivity contribution in [2.45, 2.75) is 18.9 Å². The van der Waals surface area contributed by atoms with Crippen LogP contribution in [0.4, 0.5) is 5.69 Å². The molecule has 1 aromatic heterocycles. The van der Waals surface area contributed by atoms with Crippen molar-refractivity contribution in [2.75, 3.05) is 5.32 Å². The molecule has 0 saturated carbocycles. The maximum atomic E-state index is 11.1. The molecule has 1 heterocycles. The molecule has 2 aromatic rings. The molecule has 0 amide bonds. The highest BCUT2D eigenvalue weighted by Crippen LogP contribution is 2.23. The van der Waals surface area contributed by atoms with Crippen molar-refractivity contribution in [1.29, 1.82) is 0 Å². The molecule has 1 aromatic carbocycles. The number of rotatable bonds is 2. The second-order valence-corrected chi connectivity index (χ2v) is 4.35. The Morgan fingerprint density at radius 2 is 1.94 bits per heavy atom. The molecule has 0 spiro atoms. The molecular weight excluding hydrogens is 214 g/mol. The number of anilines is 1. The molecule has 86 valence electrons. The molecule has 0 bridgehead atoms. The van der Waals surface area contributed by atoms with Gasteiger partial charge < -0.3 is 5.32 Å². The van der Waals surface area contributed by atoms with Crippen molar-refractivity contribution in [2.24, 2.45) is 0 Å². The second-order valence-electron chi connectivity index (χ2n) is 4.35. The molecule has 1 aliphatic carbocycles. The molecule has 0 radical (unpaired) electrons. The van der Waals surface area contributed by atoms with Gasteiger partial charge in [-0.15, -0.1) is 0 Å². The van der Waals surface area contributed by atoms with E-state index in [2.05, 4.69) is 39.8 Å². The molecule has 0 atom stereocenters. The van der Waals surface area contributed by atoms with Crippen molar-refractivity contribution < 1.29 is 0 Å². The monoisotopic (exact) mass is 227 g/mol. The summed E-state index contributed by atoms with van der Waals surface area (Å²) in [6.07, 6.45) is 3.65. The molecule has 0 unspecified atom stereocenters. The Bertz CT molecular complexity index is 566. The van der Waals surface area contributed by atoms with E-state index in [1.54, 1.807) is 6.20 Å². The maximum Gasteiger partial charge on any atom is 0.266 e. The molecule has 2 N–H and O–H groups in total. The minimum absolute atomic E-state index is 0.175. The fourth-order valence-corrected chi connectivity index (χ4v) is 2.35. The lowest BCUT2D eigenvalue weighted by Gasteiger charge is -2.12. The van der Waals surface area contributed by atoms with Crippen LogP contribution in [0.25, 0.3) is 0 Å². The zero-order valence-electron chi connectivity index (χ0n) is 9.31. The molecule has 0 saturated heterocycles. The summed E-state index contributed by atoms with van der Waals surface area (Å²) in [6.45, 7) is 0. The zero-order valence-corrected chi connectivity index (χ0v) is 9.31. The topological polar surface area (TPSA) is 57.8 Å². The smallest absolute Gasteiger partial charge is 0.266 e. The molecule has 4 heteroatoms. The highest BCUT2D eigenvalue weighted by atomic mass is 16.1. The van der Waals surface area contributed by atoms with E-state index in [1.807, 2.05) is 0 Å². The number of nitrogens with one attached hydrogen (secondary N) is 2. The Labute approximate surface area is 98.7 Å². The summed E-state index contributed by atoms with van der Waals surface area (Å²) < 4.78 is 0. The van der Waals surface area contributed by atoms with Gasteiger partial charge in [0.15, 0.2) is 0 Å². The van der Waals surface area contributed by atoms with E-state index >= 15 is 0 Å². The van der Waals surface area contributed by atoms with Crippen molar-refractivity contribution in [3.05, 3.63) is 58.0 Å². The number of H-pyrrole nitrogens is 1. The summed E-state index contributed by atoms with van der Waals surface area (Å²) in [4.78, 5) is 11.1. The van der Waals surface area contributed by atoms with Crippen LogP contribution in [0, 0.1) is 0 Å². The third kappa shape index (κ3) is 2.06. The molecular formula is C13H13N3O. The first-order valence-corrected chi connectivity index (χ1v) is 5.69. The Kier molecular flexibility index (Phi) is 2.40. The predicted octanol–water partition coefficient (Wildman–Crippen LogP) is 1.35. The average Bonchev–Trinajstić information content (AvgIpc) is 2.71. The Balaban J connectivity index is 1.76. The van der Waals surface area contributed by atoms with Gasteiger partial charge in [-0.1, -0.05) is 24.3 Å². The van der Waals surface area contributed by atoms with Gasteiger partial charge in [-0.2, -0.15) is 5.10 Å². The van der Waals surface area contributed by atoms with Gasteiger partial charge in [-0.25, -0.2) is 5.10 Å². The average molecular weight is 227 g/mol. The summed E-state index contributed by atoms with van der Waals surface area (Å²) in [5, 5.41) is 9.49. The molecule has 1 aliphatic rings. The van der Waals surface area contributed by atoms with Crippen LogP contribution in [0.3, 0.4) is 0 Å². The van der Waals surface area contributed by atoms with Crippen LogP contribution in [0.1, 0.15) is 11.1 Å². The lowest BCUT2D eigenvalue weighted by molar-refractivity contribution is 0.771. The lowest BCUT2D eigenvalue weighted by Crippen LogP contribution is -2.21. The largest absolute Gasteiger partial charge is 0.380 e. The van der Waals surface area contributed by atoms with Crippen LogP contribution >= 0.6 is 0 Å². The summed E-state index contributed by atoms with van der Waals surface area (Å²) in [5.41, 5.74) is 3.39. The molecule has 0 fully saturated rings. The van der Waals surface area contributed by atoms with Gasteiger partial charge in [0, 0.05) is 12.1 Å². The van der Waals surface area contributed by atoms with Crippen molar-refractivity contribution >= 4 is 5.69 Å². The van der Waals surface area contributed by atoms with E-state index < -0.39 is 0 Å². The van der Waals surface area contributed by atoms with Gasteiger partial charge in [-0.05, 0) is 24.0 Å². The summed E-state index contributed by atoms with van der Waals surface area (Å²) in [5.74, 6) is 0. The number of aromatic amines is 1. The minimum Gasteiger partial charge on any atom is -0.380 e. The maximum absolute atomic E-state index is 11.1. The van der Waals surface area contributed by atoms with Crippen LogP contribution in [0.5, 0.6) is 0 Å². The minimum atomic E-state index is -0.175. The summed E-state index contributed by atoms with van der Waals surface area (Å²) >= 11 is 0. The Hall–Kier alpha value is -2.10. The first-order valence-electron chi connectivity index (χ1n) is 5.69. The van der Waals surface area contributed by atoms with Crippen LogP contribution in [-0.4, -0.2) is 16.2 Å². The zero-order chi connectivity index (χ0) is 11.7. The van der Waals surface area contributed by atoms with Crippen LogP contribution < -0.4 is 10.9 Å². The van der Waals surface area contributed by atoms with Gasteiger partial charge >= 0.3 is 0 Å². The van der Waals surface area contributed by atoms with Crippen molar-refractivity contribution in [3.63, 3.8) is 0 Å².